The molecule has 154 valence electrons. The first-order valence-corrected chi connectivity index (χ1v) is 10.9. The van der Waals surface area contributed by atoms with Crippen LogP contribution in [-0.4, -0.2) is 48.9 Å². The fourth-order valence-electron chi connectivity index (χ4n) is 4.32. The molecular formula is C22H35N4O2+. The van der Waals surface area contributed by atoms with Crippen LogP contribution in [0.25, 0.3) is 0 Å². The molecule has 1 aromatic rings. The lowest BCUT2D eigenvalue weighted by Gasteiger charge is -2.34. The van der Waals surface area contributed by atoms with Gasteiger partial charge >= 0.3 is 0 Å². The Labute approximate surface area is 168 Å². The van der Waals surface area contributed by atoms with E-state index in [1.807, 2.05) is 23.2 Å². The van der Waals surface area contributed by atoms with E-state index in [4.69, 9.17) is 0 Å². The van der Waals surface area contributed by atoms with Crippen molar-refractivity contribution in [3.05, 3.63) is 24.4 Å². The maximum absolute atomic E-state index is 13.2. The third-order valence-electron chi connectivity index (χ3n) is 5.92. The lowest BCUT2D eigenvalue weighted by atomic mass is 9.88. The summed E-state index contributed by atoms with van der Waals surface area (Å²) in [5, 5.41) is 3.11. The monoisotopic (exact) mass is 387 g/mol. The molecule has 0 bridgehead atoms. The molecule has 1 aromatic heterocycles. The van der Waals surface area contributed by atoms with Gasteiger partial charge in [0.2, 0.25) is 11.8 Å². The summed E-state index contributed by atoms with van der Waals surface area (Å²) in [7, 11) is 0. The quantitative estimate of drug-likeness (QED) is 0.814. The molecule has 0 unspecified atom stereocenters. The first-order valence-electron chi connectivity index (χ1n) is 10.9. The Morgan fingerprint density at radius 3 is 2.43 bits per heavy atom. The van der Waals surface area contributed by atoms with Crippen molar-refractivity contribution in [2.24, 2.45) is 11.8 Å². The van der Waals surface area contributed by atoms with E-state index in [0.29, 0.717) is 25.4 Å². The van der Waals surface area contributed by atoms with E-state index in [1.165, 1.54) is 6.42 Å². The zero-order chi connectivity index (χ0) is 19.9. The van der Waals surface area contributed by atoms with Crippen LogP contribution in [0.4, 0.5) is 5.82 Å². The van der Waals surface area contributed by atoms with Crippen molar-refractivity contribution in [2.45, 2.75) is 58.4 Å². The van der Waals surface area contributed by atoms with Gasteiger partial charge in [0.15, 0.2) is 0 Å². The van der Waals surface area contributed by atoms with E-state index in [9.17, 15) is 9.59 Å². The molecule has 1 aliphatic carbocycles. The van der Waals surface area contributed by atoms with E-state index in [2.05, 4.69) is 35.1 Å². The topological polar surface area (TPSA) is 66.8 Å². The summed E-state index contributed by atoms with van der Waals surface area (Å²) in [5.41, 5.74) is 0. The van der Waals surface area contributed by atoms with Crippen molar-refractivity contribution in [3.8, 4) is 0 Å². The van der Waals surface area contributed by atoms with Gasteiger partial charge in [-0.2, -0.15) is 0 Å². The minimum Gasteiger partial charge on any atom is -0.344 e. The molecule has 0 radical (unpaired) electrons. The summed E-state index contributed by atoms with van der Waals surface area (Å²) < 4.78 is 0. The number of carbonyl (C=O) groups is 2. The molecule has 1 saturated carbocycles. The smallest absolute Gasteiger partial charge is 0.274 e. The second-order valence-corrected chi connectivity index (χ2v) is 8.59. The number of H-pyrrole nitrogens is 1. The summed E-state index contributed by atoms with van der Waals surface area (Å²) in [6, 6.07) is 5.64. The number of pyridine rings is 1. The van der Waals surface area contributed by atoms with Gasteiger partial charge in [-0.3, -0.25) is 14.5 Å². The Hall–Kier alpha value is -2.11. The standard InChI is InChI=1S/C22H34N4O2/c1-17(2)16-19(24-21(27)18-8-4-3-5-9-18)22(28)26-14-12-25(13-15-26)20-10-6-7-11-23-20/h6-7,10-11,17-19H,3-5,8-9,12-16H2,1-2H3,(H,24,27)/p+1/t19-/m0/s1. The zero-order valence-electron chi connectivity index (χ0n) is 17.3. The van der Waals surface area contributed by atoms with Crippen LogP contribution in [0.1, 0.15) is 52.4 Å². The normalized spacial score (nSPS) is 19.5. The van der Waals surface area contributed by atoms with E-state index in [1.54, 1.807) is 0 Å². The van der Waals surface area contributed by atoms with Crippen molar-refractivity contribution in [2.75, 3.05) is 31.1 Å². The van der Waals surface area contributed by atoms with Gasteiger partial charge in [-0.05, 0) is 31.2 Å². The molecule has 1 atom stereocenters. The molecule has 2 aliphatic rings. The highest BCUT2D eigenvalue weighted by Gasteiger charge is 2.33. The second kappa shape index (κ2) is 9.89. The van der Waals surface area contributed by atoms with Gasteiger partial charge in [-0.25, -0.2) is 4.98 Å². The van der Waals surface area contributed by atoms with Gasteiger partial charge in [0.1, 0.15) is 19.1 Å². The Morgan fingerprint density at radius 1 is 1.11 bits per heavy atom. The molecule has 2 heterocycles. The van der Waals surface area contributed by atoms with Crippen LogP contribution in [-0.2, 0) is 9.59 Å². The Kier molecular flexibility index (Phi) is 7.29. The molecule has 28 heavy (non-hydrogen) atoms. The SMILES string of the molecule is CC(C)C[C@H](NC(=O)C1CCCCC1)C(=O)N1CCN(c2cccc[nH+]2)CC1. The van der Waals surface area contributed by atoms with Gasteiger partial charge in [0, 0.05) is 12.0 Å². The number of nitrogens with one attached hydrogen (secondary N) is 2. The maximum atomic E-state index is 13.2. The number of hydrogen-bond acceptors (Lipinski definition) is 3. The third kappa shape index (κ3) is 5.46. The van der Waals surface area contributed by atoms with Crippen LogP contribution >= 0.6 is 0 Å². The fourth-order valence-corrected chi connectivity index (χ4v) is 4.32. The molecule has 6 heteroatoms. The van der Waals surface area contributed by atoms with E-state index < -0.39 is 6.04 Å². The highest BCUT2D eigenvalue weighted by molar-refractivity contribution is 5.88. The average Bonchev–Trinajstić information content (AvgIpc) is 2.74. The number of nitrogens with zero attached hydrogens (tertiary/aromatic N) is 2. The average molecular weight is 388 g/mol. The van der Waals surface area contributed by atoms with E-state index in [0.717, 1.165) is 44.6 Å². The van der Waals surface area contributed by atoms with Crippen LogP contribution in [0.5, 0.6) is 0 Å². The number of hydrogen-bond donors (Lipinski definition) is 1. The first-order chi connectivity index (χ1) is 13.5. The number of anilines is 1. The lowest BCUT2D eigenvalue weighted by molar-refractivity contribution is -0.364. The van der Waals surface area contributed by atoms with Crippen LogP contribution in [0.3, 0.4) is 0 Å². The predicted octanol–water partition coefficient (Wildman–Crippen LogP) is 2.26. The van der Waals surface area contributed by atoms with Crippen molar-refractivity contribution in [1.29, 1.82) is 0 Å². The largest absolute Gasteiger partial charge is 0.344 e. The van der Waals surface area contributed by atoms with Gasteiger partial charge in [-0.1, -0.05) is 39.2 Å². The molecule has 2 fully saturated rings. The highest BCUT2D eigenvalue weighted by atomic mass is 16.2. The summed E-state index contributed by atoms with van der Waals surface area (Å²) in [6.07, 6.45) is 8.01. The molecule has 0 aromatic carbocycles. The van der Waals surface area contributed by atoms with Crippen LogP contribution in [0.2, 0.25) is 0 Å². The summed E-state index contributed by atoms with van der Waals surface area (Å²) in [6.45, 7) is 7.20. The van der Waals surface area contributed by atoms with Crippen LogP contribution in [0, 0.1) is 11.8 Å². The number of carbonyl (C=O) groups excluding carboxylic acids is 2. The minimum absolute atomic E-state index is 0.0783. The van der Waals surface area contributed by atoms with E-state index in [-0.39, 0.29) is 17.7 Å². The number of aromatic amines is 1. The molecule has 6 nitrogen and oxygen atoms in total. The fraction of sp³-hybridized carbons (Fsp3) is 0.682. The van der Waals surface area contributed by atoms with Crippen LogP contribution in [0.15, 0.2) is 24.4 Å². The predicted molar refractivity (Wildman–Crippen MR) is 110 cm³/mol. The Bertz CT molecular complexity index is 635. The van der Waals surface area contributed by atoms with Gasteiger partial charge in [0.05, 0.1) is 19.3 Å². The Morgan fingerprint density at radius 2 is 1.82 bits per heavy atom. The number of amides is 2. The third-order valence-corrected chi connectivity index (χ3v) is 5.92. The molecule has 1 aliphatic heterocycles. The second-order valence-electron chi connectivity index (χ2n) is 8.59. The molecule has 2 N–H and O–H groups in total. The Balaban J connectivity index is 1.57. The van der Waals surface area contributed by atoms with Crippen molar-refractivity contribution in [1.82, 2.24) is 10.2 Å². The van der Waals surface area contributed by atoms with Gasteiger partial charge < -0.3 is 10.2 Å². The molecule has 0 spiro atoms. The molecule has 2 amide bonds. The molecular weight excluding hydrogens is 352 g/mol. The number of aromatic nitrogens is 1. The summed E-state index contributed by atoms with van der Waals surface area (Å²) >= 11 is 0. The summed E-state index contributed by atoms with van der Waals surface area (Å²) in [4.78, 5) is 33.3. The highest BCUT2D eigenvalue weighted by Crippen LogP contribution is 2.24. The van der Waals surface area contributed by atoms with Crippen molar-refractivity contribution < 1.29 is 14.6 Å². The minimum atomic E-state index is -0.399. The van der Waals surface area contributed by atoms with Gasteiger partial charge in [-0.15, -0.1) is 0 Å². The van der Waals surface area contributed by atoms with Gasteiger partial charge in [0.25, 0.3) is 5.82 Å². The zero-order valence-corrected chi connectivity index (χ0v) is 17.3. The molecule has 1 saturated heterocycles. The first kappa shape index (κ1) is 20.6. The van der Waals surface area contributed by atoms with Crippen molar-refractivity contribution in [3.63, 3.8) is 0 Å². The van der Waals surface area contributed by atoms with E-state index >= 15 is 0 Å². The lowest BCUT2D eigenvalue weighted by Crippen LogP contribution is -2.56. The molecule has 3 rings (SSSR count). The number of rotatable bonds is 6. The van der Waals surface area contributed by atoms with Crippen LogP contribution < -0.4 is 15.2 Å². The van der Waals surface area contributed by atoms with Crippen molar-refractivity contribution >= 4 is 17.6 Å². The maximum Gasteiger partial charge on any atom is 0.274 e. The number of piperazine rings is 1. The summed E-state index contributed by atoms with van der Waals surface area (Å²) in [5.74, 6) is 1.69.